The maximum Gasteiger partial charge on any atom is 0.141 e. The van der Waals surface area contributed by atoms with Crippen molar-refractivity contribution in [1.82, 2.24) is 15.0 Å². The number of rotatable bonds is 1. The molecule has 16 heavy (non-hydrogen) atoms. The van der Waals surface area contributed by atoms with Crippen LogP contribution in [0.25, 0.3) is 16.6 Å². The summed E-state index contributed by atoms with van der Waals surface area (Å²) in [5.41, 5.74) is 3.66. The second kappa shape index (κ2) is 3.74. The third kappa shape index (κ3) is 1.52. The number of H-pyrrole nitrogens is 1. The molecule has 82 valence electrons. The number of aromatic amines is 1. The predicted molar refractivity (Wildman–Crippen MR) is 64.9 cm³/mol. The van der Waals surface area contributed by atoms with Crippen LogP contribution >= 0.6 is 0 Å². The van der Waals surface area contributed by atoms with Crippen molar-refractivity contribution in [3.05, 3.63) is 30.4 Å². The van der Waals surface area contributed by atoms with Crippen LogP contribution in [-0.4, -0.2) is 15.0 Å². The minimum Gasteiger partial charge on any atom is -0.345 e. The molecular weight excluding hydrogens is 198 g/mol. The Bertz CT molecular complexity index is 539. The van der Waals surface area contributed by atoms with E-state index in [0.29, 0.717) is 5.92 Å². The maximum atomic E-state index is 4.22. The van der Waals surface area contributed by atoms with Crippen molar-refractivity contribution in [3.8, 4) is 0 Å². The molecule has 0 spiro atoms. The Balaban J connectivity index is 2.12. The largest absolute Gasteiger partial charge is 0.345 e. The Morgan fingerprint density at radius 3 is 3.25 bits per heavy atom. The lowest BCUT2D eigenvalue weighted by atomic mass is 9.88. The minimum absolute atomic E-state index is 0.693. The lowest BCUT2D eigenvalue weighted by Gasteiger charge is -2.17. The van der Waals surface area contributed by atoms with Gasteiger partial charge >= 0.3 is 0 Å². The summed E-state index contributed by atoms with van der Waals surface area (Å²) in [5.74, 6) is 0.693. The first kappa shape index (κ1) is 9.58. The summed E-state index contributed by atoms with van der Waals surface area (Å²) in [6.07, 6.45) is 11.7. The molecule has 0 aliphatic heterocycles. The fourth-order valence-corrected chi connectivity index (χ4v) is 2.47. The zero-order valence-corrected chi connectivity index (χ0v) is 9.40. The van der Waals surface area contributed by atoms with Crippen molar-refractivity contribution < 1.29 is 0 Å². The molecule has 1 aliphatic carbocycles. The normalized spacial score (nSPS) is 21.1. The Kier molecular flexibility index (Phi) is 2.24. The molecule has 1 N–H and O–H groups in total. The summed E-state index contributed by atoms with van der Waals surface area (Å²) in [7, 11) is 0. The third-order valence-electron chi connectivity index (χ3n) is 3.29. The monoisotopic (exact) mass is 213 g/mol. The summed E-state index contributed by atoms with van der Waals surface area (Å²) < 4.78 is 0. The summed E-state index contributed by atoms with van der Waals surface area (Å²) in [6.45, 7) is 2.28. The van der Waals surface area contributed by atoms with Gasteiger partial charge in [0, 0.05) is 23.3 Å². The second-order valence-corrected chi connectivity index (χ2v) is 4.55. The van der Waals surface area contributed by atoms with E-state index in [0.717, 1.165) is 11.0 Å². The fraction of sp³-hybridized carbons (Fsp3) is 0.385. The van der Waals surface area contributed by atoms with Crippen LogP contribution in [0.15, 0.2) is 24.8 Å². The van der Waals surface area contributed by atoms with Gasteiger partial charge in [-0.1, -0.05) is 13.0 Å². The quantitative estimate of drug-likeness (QED) is 0.790. The number of nitrogens with zero attached hydrogens (tertiary/aromatic N) is 2. The molecule has 0 amide bonds. The van der Waals surface area contributed by atoms with Crippen molar-refractivity contribution in [2.24, 2.45) is 5.92 Å². The highest BCUT2D eigenvalue weighted by Crippen LogP contribution is 2.32. The molecular formula is C13H15N3. The van der Waals surface area contributed by atoms with Crippen LogP contribution < -0.4 is 0 Å². The van der Waals surface area contributed by atoms with Crippen molar-refractivity contribution >= 4 is 16.6 Å². The molecule has 0 radical (unpaired) electrons. The van der Waals surface area contributed by atoms with Gasteiger partial charge in [-0.05, 0) is 30.8 Å². The Morgan fingerprint density at radius 1 is 1.44 bits per heavy atom. The second-order valence-electron chi connectivity index (χ2n) is 4.55. The SMILES string of the molecule is CC1C=C(c2c[nH]c3ncncc23)CCC1. The number of aromatic nitrogens is 3. The highest BCUT2D eigenvalue weighted by molar-refractivity contribution is 5.90. The Morgan fingerprint density at radius 2 is 2.38 bits per heavy atom. The molecule has 0 saturated carbocycles. The number of fused-ring (bicyclic) bond motifs is 1. The van der Waals surface area contributed by atoms with Gasteiger partial charge < -0.3 is 4.98 Å². The van der Waals surface area contributed by atoms with E-state index in [1.807, 2.05) is 6.20 Å². The lowest BCUT2D eigenvalue weighted by molar-refractivity contribution is 0.593. The molecule has 3 rings (SSSR count). The van der Waals surface area contributed by atoms with Crippen LogP contribution in [0.3, 0.4) is 0 Å². The van der Waals surface area contributed by atoms with Gasteiger partial charge in [0.05, 0.1) is 0 Å². The first-order valence-corrected chi connectivity index (χ1v) is 5.83. The van der Waals surface area contributed by atoms with Crippen LogP contribution in [0.4, 0.5) is 0 Å². The van der Waals surface area contributed by atoms with Crippen molar-refractivity contribution in [3.63, 3.8) is 0 Å². The van der Waals surface area contributed by atoms with E-state index in [2.05, 4.69) is 34.1 Å². The third-order valence-corrected chi connectivity index (χ3v) is 3.29. The molecule has 2 heterocycles. The highest BCUT2D eigenvalue weighted by Gasteiger charge is 2.14. The summed E-state index contributed by atoms with van der Waals surface area (Å²) in [6, 6.07) is 0. The molecule has 1 atom stereocenters. The van der Waals surface area contributed by atoms with Gasteiger partial charge in [0.15, 0.2) is 0 Å². The zero-order chi connectivity index (χ0) is 11.0. The summed E-state index contributed by atoms with van der Waals surface area (Å²) >= 11 is 0. The smallest absolute Gasteiger partial charge is 0.141 e. The number of hydrogen-bond acceptors (Lipinski definition) is 2. The van der Waals surface area contributed by atoms with Crippen LogP contribution in [0, 0.1) is 5.92 Å². The van der Waals surface area contributed by atoms with Crippen molar-refractivity contribution in [2.45, 2.75) is 26.2 Å². The van der Waals surface area contributed by atoms with E-state index < -0.39 is 0 Å². The lowest BCUT2D eigenvalue weighted by Crippen LogP contribution is -1.99. The van der Waals surface area contributed by atoms with Gasteiger partial charge in [0.1, 0.15) is 12.0 Å². The summed E-state index contributed by atoms with van der Waals surface area (Å²) in [4.78, 5) is 11.5. The molecule has 1 aliphatic rings. The van der Waals surface area contributed by atoms with E-state index in [1.54, 1.807) is 6.33 Å². The first-order chi connectivity index (χ1) is 7.84. The highest BCUT2D eigenvalue weighted by atomic mass is 14.9. The van der Waals surface area contributed by atoms with E-state index in [4.69, 9.17) is 0 Å². The minimum atomic E-state index is 0.693. The molecule has 2 aromatic rings. The molecule has 1 unspecified atom stereocenters. The summed E-state index contributed by atoms with van der Waals surface area (Å²) in [5, 5.41) is 1.14. The van der Waals surface area contributed by atoms with Crippen LogP contribution in [0.5, 0.6) is 0 Å². The average Bonchev–Trinajstić information content (AvgIpc) is 2.72. The predicted octanol–water partition coefficient (Wildman–Crippen LogP) is 3.16. The fourth-order valence-electron chi connectivity index (χ4n) is 2.47. The molecule has 0 aromatic carbocycles. The van der Waals surface area contributed by atoms with Gasteiger partial charge in [-0.15, -0.1) is 0 Å². The number of allylic oxidation sites excluding steroid dienone is 2. The standard InChI is InChI=1S/C13H15N3/c1-9-3-2-4-10(5-9)11-7-15-13-12(11)6-14-8-16-13/h5-9H,2-4H2,1H3,(H,14,15,16). The molecule has 3 heteroatoms. The van der Waals surface area contributed by atoms with E-state index in [9.17, 15) is 0 Å². The van der Waals surface area contributed by atoms with Crippen LogP contribution in [0.2, 0.25) is 0 Å². The van der Waals surface area contributed by atoms with E-state index in [-0.39, 0.29) is 0 Å². The van der Waals surface area contributed by atoms with Gasteiger partial charge in [0.25, 0.3) is 0 Å². The molecule has 3 nitrogen and oxygen atoms in total. The molecule has 0 saturated heterocycles. The Hall–Kier alpha value is -1.64. The molecule has 2 aromatic heterocycles. The van der Waals surface area contributed by atoms with Gasteiger partial charge in [-0.3, -0.25) is 0 Å². The topological polar surface area (TPSA) is 41.6 Å². The van der Waals surface area contributed by atoms with E-state index in [1.165, 1.54) is 30.4 Å². The van der Waals surface area contributed by atoms with Crippen molar-refractivity contribution in [2.75, 3.05) is 0 Å². The number of nitrogens with one attached hydrogen (secondary N) is 1. The zero-order valence-electron chi connectivity index (χ0n) is 9.40. The van der Waals surface area contributed by atoms with Gasteiger partial charge in [0.2, 0.25) is 0 Å². The van der Waals surface area contributed by atoms with Crippen LogP contribution in [-0.2, 0) is 0 Å². The van der Waals surface area contributed by atoms with Crippen LogP contribution in [0.1, 0.15) is 31.7 Å². The maximum absolute atomic E-state index is 4.22. The van der Waals surface area contributed by atoms with Gasteiger partial charge in [-0.2, -0.15) is 0 Å². The molecule has 0 fully saturated rings. The van der Waals surface area contributed by atoms with E-state index >= 15 is 0 Å². The van der Waals surface area contributed by atoms with Gasteiger partial charge in [-0.25, -0.2) is 9.97 Å². The molecule has 0 bridgehead atoms. The first-order valence-electron chi connectivity index (χ1n) is 5.83. The Labute approximate surface area is 94.6 Å². The van der Waals surface area contributed by atoms with Crippen molar-refractivity contribution in [1.29, 1.82) is 0 Å². The average molecular weight is 213 g/mol. The number of hydrogen-bond donors (Lipinski definition) is 1.